The Hall–Kier alpha value is -1.73. The van der Waals surface area contributed by atoms with Gasteiger partial charge in [0.15, 0.2) is 0 Å². The van der Waals surface area contributed by atoms with Crippen molar-refractivity contribution in [3.63, 3.8) is 0 Å². The zero-order chi connectivity index (χ0) is 13.4. The van der Waals surface area contributed by atoms with Crippen molar-refractivity contribution in [3.8, 4) is 0 Å². The maximum Gasteiger partial charge on any atom is 0.262 e. The van der Waals surface area contributed by atoms with E-state index in [4.69, 9.17) is 0 Å². The second-order valence-corrected chi connectivity index (χ2v) is 5.49. The number of amides is 1. The van der Waals surface area contributed by atoms with E-state index in [0.29, 0.717) is 29.7 Å². The second kappa shape index (κ2) is 4.75. The highest BCUT2D eigenvalue weighted by Crippen LogP contribution is 2.14. The number of aliphatic hydroxyl groups excluding tert-OH is 1. The van der Waals surface area contributed by atoms with E-state index < -0.39 is 6.10 Å². The number of β-amino-alcohol motifs (C(OH)–C–C–N with tert-alkyl or cyclic N) is 1. The highest BCUT2D eigenvalue weighted by atomic mass is 32.1. The molecule has 1 saturated heterocycles. The molecule has 1 aliphatic rings. The molecule has 6 nitrogen and oxygen atoms in total. The molecular weight excluding hydrogens is 266 g/mol. The molecule has 19 heavy (non-hydrogen) atoms. The summed E-state index contributed by atoms with van der Waals surface area (Å²) in [4.78, 5) is 30.6. The van der Waals surface area contributed by atoms with Gasteiger partial charge in [-0.15, -0.1) is 11.3 Å². The molecule has 0 spiro atoms. The van der Waals surface area contributed by atoms with Gasteiger partial charge in [0.2, 0.25) is 5.91 Å². The normalized spacial score (nSPS) is 19.2. The van der Waals surface area contributed by atoms with Crippen LogP contribution in [0.5, 0.6) is 0 Å². The third kappa shape index (κ3) is 2.26. The Balaban J connectivity index is 1.83. The topological polar surface area (TPSA) is 75.4 Å². The van der Waals surface area contributed by atoms with Gasteiger partial charge in [-0.05, 0) is 17.9 Å². The molecule has 0 radical (unpaired) electrons. The molecule has 7 heteroatoms. The predicted octanol–water partition coefficient (Wildman–Crippen LogP) is 0.0512. The monoisotopic (exact) mass is 279 g/mol. The average molecular weight is 279 g/mol. The van der Waals surface area contributed by atoms with Gasteiger partial charge < -0.3 is 10.0 Å². The number of fused-ring (bicyclic) bond motifs is 1. The highest BCUT2D eigenvalue weighted by molar-refractivity contribution is 7.16. The Morgan fingerprint density at radius 1 is 1.58 bits per heavy atom. The number of nitrogens with zero attached hydrogens (tertiary/aromatic N) is 3. The molecule has 0 unspecified atom stereocenters. The van der Waals surface area contributed by atoms with Crippen molar-refractivity contribution in [1.82, 2.24) is 14.5 Å². The van der Waals surface area contributed by atoms with Gasteiger partial charge in [-0.25, -0.2) is 4.98 Å². The Bertz CT molecular complexity index is 678. The molecule has 2 aromatic heterocycles. The van der Waals surface area contributed by atoms with Crippen LogP contribution < -0.4 is 5.56 Å². The Morgan fingerprint density at radius 2 is 2.42 bits per heavy atom. The first kappa shape index (κ1) is 12.3. The van der Waals surface area contributed by atoms with E-state index in [2.05, 4.69) is 4.98 Å². The Morgan fingerprint density at radius 3 is 3.16 bits per heavy atom. The van der Waals surface area contributed by atoms with Crippen LogP contribution in [0.25, 0.3) is 10.2 Å². The van der Waals surface area contributed by atoms with E-state index in [1.807, 2.05) is 5.38 Å². The van der Waals surface area contributed by atoms with Crippen LogP contribution in [0.15, 0.2) is 22.6 Å². The zero-order valence-electron chi connectivity index (χ0n) is 10.2. The highest BCUT2D eigenvalue weighted by Gasteiger charge is 2.24. The summed E-state index contributed by atoms with van der Waals surface area (Å²) in [5.74, 6) is -0.157. The number of aliphatic hydroxyl groups is 1. The van der Waals surface area contributed by atoms with Gasteiger partial charge in [-0.2, -0.15) is 0 Å². The van der Waals surface area contributed by atoms with E-state index in [9.17, 15) is 14.7 Å². The molecule has 1 fully saturated rings. The average Bonchev–Trinajstić information content (AvgIpc) is 3.01. The van der Waals surface area contributed by atoms with Crippen molar-refractivity contribution in [1.29, 1.82) is 0 Å². The van der Waals surface area contributed by atoms with Crippen LogP contribution in [-0.4, -0.2) is 44.7 Å². The first-order valence-electron chi connectivity index (χ1n) is 6.03. The Labute approximate surface area is 112 Å². The first-order chi connectivity index (χ1) is 9.15. The van der Waals surface area contributed by atoms with Crippen molar-refractivity contribution >= 4 is 27.5 Å². The van der Waals surface area contributed by atoms with Gasteiger partial charge in [0.05, 0.1) is 17.8 Å². The number of thiophene rings is 1. The summed E-state index contributed by atoms with van der Waals surface area (Å²) >= 11 is 1.40. The molecule has 1 amide bonds. The van der Waals surface area contributed by atoms with Crippen molar-refractivity contribution in [2.75, 3.05) is 13.1 Å². The van der Waals surface area contributed by atoms with Crippen molar-refractivity contribution in [3.05, 3.63) is 28.1 Å². The molecule has 0 aromatic carbocycles. The van der Waals surface area contributed by atoms with Gasteiger partial charge >= 0.3 is 0 Å². The lowest BCUT2D eigenvalue weighted by atomic mass is 10.3. The molecule has 1 atom stereocenters. The van der Waals surface area contributed by atoms with Gasteiger partial charge in [0, 0.05) is 13.1 Å². The molecule has 0 saturated carbocycles. The zero-order valence-corrected chi connectivity index (χ0v) is 11.0. The van der Waals surface area contributed by atoms with E-state index in [1.54, 1.807) is 11.0 Å². The number of aromatic nitrogens is 2. The third-order valence-electron chi connectivity index (χ3n) is 3.27. The number of carbonyl (C=O) groups excluding carboxylic acids is 1. The lowest BCUT2D eigenvalue weighted by Gasteiger charge is -2.15. The van der Waals surface area contributed by atoms with Crippen LogP contribution in [0.2, 0.25) is 0 Å². The largest absolute Gasteiger partial charge is 0.391 e. The SMILES string of the molecule is O=C(Cn1cnc2sccc2c1=O)N1CC[C@@H](O)C1. The van der Waals surface area contributed by atoms with E-state index in [-0.39, 0.29) is 18.0 Å². The van der Waals surface area contributed by atoms with Crippen molar-refractivity contribution < 1.29 is 9.90 Å². The van der Waals surface area contributed by atoms with Gasteiger partial charge in [-0.3, -0.25) is 14.2 Å². The lowest BCUT2D eigenvalue weighted by Crippen LogP contribution is -2.35. The van der Waals surface area contributed by atoms with Crippen LogP contribution in [0, 0.1) is 0 Å². The molecule has 2 aromatic rings. The number of rotatable bonds is 2. The van der Waals surface area contributed by atoms with E-state index in [1.165, 1.54) is 22.2 Å². The number of hydrogen-bond acceptors (Lipinski definition) is 5. The molecule has 1 N–H and O–H groups in total. The lowest BCUT2D eigenvalue weighted by molar-refractivity contribution is -0.131. The standard InChI is InChI=1S/C12H13N3O3S/c16-8-1-3-14(5-8)10(17)6-15-7-13-11-9(12(15)18)2-4-19-11/h2,4,7-8,16H,1,3,5-6H2/t8-/m1/s1. The van der Waals surface area contributed by atoms with E-state index >= 15 is 0 Å². The molecular formula is C12H13N3O3S. The van der Waals surface area contributed by atoms with Crippen molar-refractivity contribution in [2.45, 2.75) is 19.1 Å². The summed E-state index contributed by atoms with van der Waals surface area (Å²) in [6.07, 6.45) is 1.56. The fraction of sp³-hybridized carbons (Fsp3) is 0.417. The summed E-state index contributed by atoms with van der Waals surface area (Å²) in [5, 5.41) is 11.8. The van der Waals surface area contributed by atoms with Crippen LogP contribution in [0.3, 0.4) is 0 Å². The van der Waals surface area contributed by atoms with Crippen LogP contribution >= 0.6 is 11.3 Å². The molecule has 0 aliphatic carbocycles. The fourth-order valence-electron chi connectivity index (χ4n) is 2.22. The molecule has 3 rings (SSSR count). The first-order valence-corrected chi connectivity index (χ1v) is 6.91. The summed E-state index contributed by atoms with van der Waals surface area (Å²) < 4.78 is 1.32. The van der Waals surface area contributed by atoms with Gasteiger partial charge in [0.1, 0.15) is 11.4 Å². The molecule has 0 bridgehead atoms. The summed E-state index contributed by atoms with van der Waals surface area (Å²) in [7, 11) is 0. The number of carbonyl (C=O) groups is 1. The molecule has 1 aliphatic heterocycles. The van der Waals surface area contributed by atoms with Gasteiger partial charge in [0.25, 0.3) is 5.56 Å². The van der Waals surface area contributed by atoms with E-state index in [0.717, 1.165) is 0 Å². The minimum absolute atomic E-state index is 0.0235. The van der Waals surface area contributed by atoms with Crippen LogP contribution in [0.4, 0.5) is 0 Å². The van der Waals surface area contributed by atoms with Crippen LogP contribution in [0.1, 0.15) is 6.42 Å². The number of likely N-dealkylation sites (tertiary alicyclic amines) is 1. The predicted molar refractivity (Wildman–Crippen MR) is 71.1 cm³/mol. The van der Waals surface area contributed by atoms with Crippen LogP contribution in [-0.2, 0) is 11.3 Å². The Kier molecular flexibility index (Phi) is 3.08. The number of hydrogen-bond donors (Lipinski definition) is 1. The smallest absolute Gasteiger partial charge is 0.262 e. The second-order valence-electron chi connectivity index (χ2n) is 4.60. The summed E-state index contributed by atoms with van der Waals surface area (Å²) in [6, 6.07) is 1.72. The minimum atomic E-state index is -0.446. The van der Waals surface area contributed by atoms with Crippen molar-refractivity contribution in [2.24, 2.45) is 0 Å². The maximum absolute atomic E-state index is 12.1. The molecule has 3 heterocycles. The minimum Gasteiger partial charge on any atom is -0.391 e. The maximum atomic E-state index is 12.1. The van der Waals surface area contributed by atoms with Gasteiger partial charge in [-0.1, -0.05) is 0 Å². The quantitative estimate of drug-likeness (QED) is 0.843. The summed E-state index contributed by atoms with van der Waals surface area (Å²) in [5.41, 5.74) is -0.195. The molecule has 100 valence electrons. The summed E-state index contributed by atoms with van der Waals surface area (Å²) in [6.45, 7) is 0.870. The fourth-order valence-corrected chi connectivity index (χ4v) is 2.94. The third-order valence-corrected chi connectivity index (χ3v) is 4.09.